The van der Waals surface area contributed by atoms with E-state index in [9.17, 15) is 14.4 Å². The largest absolute Gasteiger partial charge is 0.459 e. The van der Waals surface area contributed by atoms with Gasteiger partial charge in [-0.15, -0.1) is 0 Å². The van der Waals surface area contributed by atoms with Gasteiger partial charge in [0.15, 0.2) is 0 Å². The number of carbonyl (C=O) groups excluding carboxylic acids is 3. The Balaban J connectivity index is 2.12. The zero-order chi connectivity index (χ0) is 18.6. The molecular weight excluding hydrogens is 346 g/mol. The van der Waals surface area contributed by atoms with E-state index in [0.717, 1.165) is 0 Å². The molecule has 1 fully saturated rings. The first-order chi connectivity index (χ1) is 11.8. The second-order valence-electron chi connectivity index (χ2n) is 6.18. The van der Waals surface area contributed by atoms with Crippen molar-refractivity contribution < 1.29 is 19.1 Å². The van der Waals surface area contributed by atoms with E-state index in [0.29, 0.717) is 18.8 Å². The Kier molecular flexibility index (Phi) is 6.25. The summed E-state index contributed by atoms with van der Waals surface area (Å²) in [5.41, 5.74) is 0.620. The summed E-state index contributed by atoms with van der Waals surface area (Å²) in [6, 6.07) is 4.15. The highest BCUT2D eigenvalue weighted by atomic mass is 35.5. The number of benzene rings is 1. The number of halogens is 1. The van der Waals surface area contributed by atoms with Crippen LogP contribution in [0.15, 0.2) is 18.2 Å². The molecule has 0 bridgehead atoms. The van der Waals surface area contributed by atoms with Gasteiger partial charge in [0.25, 0.3) is 0 Å². The van der Waals surface area contributed by atoms with Gasteiger partial charge in [0.2, 0.25) is 5.91 Å². The van der Waals surface area contributed by atoms with Crippen molar-refractivity contribution in [3.63, 3.8) is 0 Å². The van der Waals surface area contributed by atoms with Crippen molar-refractivity contribution in [2.75, 3.05) is 18.4 Å². The molecule has 1 aromatic rings. The van der Waals surface area contributed by atoms with Gasteiger partial charge in [-0.3, -0.25) is 4.79 Å². The average molecular weight is 368 g/mol. The minimum Gasteiger partial charge on any atom is -0.459 e. The van der Waals surface area contributed by atoms with E-state index in [1.54, 1.807) is 24.8 Å². The number of hydrogen-bond donors (Lipinski definition) is 2. The summed E-state index contributed by atoms with van der Waals surface area (Å²) in [6.45, 7) is 6.08. The van der Waals surface area contributed by atoms with Crippen molar-refractivity contribution in [1.82, 2.24) is 10.2 Å². The van der Waals surface area contributed by atoms with Crippen molar-refractivity contribution in [1.29, 1.82) is 0 Å². The SMILES string of the molecule is CC(C)OC(=O)c1cc(NC(=O)N2CCC(=O)NCC2C)ccc1Cl. The third kappa shape index (κ3) is 5.09. The van der Waals surface area contributed by atoms with E-state index in [-0.39, 0.29) is 41.1 Å². The Labute approximate surface area is 151 Å². The number of amides is 3. The van der Waals surface area contributed by atoms with Crippen molar-refractivity contribution in [3.8, 4) is 0 Å². The topological polar surface area (TPSA) is 87.7 Å². The molecule has 7 nitrogen and oxygen atoms in total. The molecular formula is C17H22ClN3O4. The molecule has 0 aromatic heterocycles. The number of carbonyl (C=O) groups is 3. The number of hydrogen-bond acceptors (Lipinski definition) is 4. The highest BCUT2D eigenvalue weighted by molar-refractivity contribution is 6.33. The van der Waals surface area contributed by atoms with Crippen LogP contribution < -0.4 is 10.6 Å². The molecule has 0 radical (unpaired) electrons. The lowest BCUT2D eigenvalue weighted by molar-refractivity contribution is -0.120. The molecule has 1 aliphatic rings. The van der Waals surface area contributed by atoms with Crippen LogP contribution in [0.5, 0.6) is 0 Å². The molecule has 1 unspecified atom stereocenters. The number of nitrogens with one attached hydrogen (secondary N) is 2. The fourth-order valence-electron chi connectivity index (χ4n) is 2.44. The predicted octanol–water partition coefficient (Wildman–Crippen LogP) is 2.65. The maximum Gasteiger partial charge on any atom is 0.339 e. The van der Waals surface area contributed by atoms with Crippen LogP contribution >= 0.6 is 11.6 Å². The van der Waals surface area contributed by atoms with Crippen LogP contribution in [0, 0.1) is 0 Å². The van der Waals surface area contributed by atoms with Crippen LogP contribution in [0.25, 0.3) is 0 Å². The summed E-state index contributed by atoms with van der Waals surface area (Å²) in [7, 11) is 0. The lowest BCUT2D eigenvalue weighted by Gasteiger charge is -2.26. The van der Waals surface area contributed by atoms with Crippen LogP contribution in [-0.2, 0) is 9.53 Å². The molecule has 25 heavy (non-hydrogen) atoms. The van der Waals surface area contributed by atoms with Crippen LogP contribution in [0.3, 0.4) is 0 Å². The average Bonchev–Trinajstić information content (AvgIpc) is 2.70. The first kappa shape index (κ1) is 19.1. The fraction of sp³-hybridized carbons (Fsp3) is 0.471. The Morgan fingerprint density at radius 3 is 2.80 bits per heavy atom. The first-order valence-corrected chi connectivity index (χ1v) is 8.50. The minimum atomic E-state index is -0.547. The van der Waals surface area contributed by atoms with E-state index in [1.165, 1.54) is 12.1 Å². The van der Waals surface area contributed by atoms with E-state index in [4.69, 9.17) is 16.3 Å². The Hall–Kier alpha value is -2.28. The predicted molar refractivity (Wildman–Crippen MR) is 94.8 cm³/mol. The van der Waals surface area contributed by atoms with Gasteiger partial charge in [-0.25, -0.2) is 9.59 Å². The molecule has 2 N–H and O–H groups in total. The summed E-state index contributed by atoms with van der Waals surface area (Å²) in [4.78, 5) is 37.6. The Morgan fingerprint density at radius 2 is 2.12 bits per heavy atom. The van der Waals surface area contributed by atoms with Gasteiger partial charge in [-0.1, -0.05) is 11.6 Å². The van der Waals surface area contributed by atoms with Gasteiger partial charge in [-0.05, 0) is 39.0 Å². The van der Waals surface area contributed by atoms with Gasteiger partial charge in [-0.2, -0.15) is 0 Å². The Bertz CT molecular complexity index is 678. The molecule has 1 aliphatic heterocycles. The molecule has 0 aliphatic carbocycles. The van der Waals surface area contributed by atoms with Crippen molar-refractivity contribution in [2.45, 2.75) is 39.3 Å². The second kappa shape index (κ2) is 8.20. The monoisotopic (exact) mass is 367 g/mol. The van der Waals surface area contributed by atoms with Crippen LogP contribution in [-0.4, -0.2) is 48.0 Å². The maximum atomic E-state index is 12.5. The minimum absolute atomic E-state index is 0.0765. The van der Waals surface area contributed by atoms with Crippen LogP contribution in [0.1, 0.15) is 37.6 Å². The van der Waals surface area contributed by atoms with Crippen molar-refractivity contribution in [3.05, 3.63) is 28.8 Å². The van der Waals surface area contributed by atoms with E-state index < -0.39 is 5.97 Å². The lowest BCUT2D eigenvalue weighted by Crippen LogP contribution is -2.44. The third-order valence-electron chi connectivity index (χ3n) is 3.75. The van der Waals surface area contributed by atoms with Crippen LogP contribution in [0.2, 0.25) is 5.02 Å². The number of ether oxygens (including phenoxy) is 1. The number of esters is 1. The van der Waals surface area contributed by atoms with Gasteiger partial charge in [0.1, 0.15) is 0 Å². The lowest BCUT2D eigenvalue weighted by atomic mass is 10.2. The normalized spacial score (nSPS) is 17.7. The molecule has 3 amide bonds. The summed E-state index contributed by atoms with van der Waals surface area (Å²) in [5, 5.41) is 5.75. The molecule has 1 heterocycles. The molecule has 8 heteroatoms. The summed E-state index contributed by atoms with van der Waals surface area (Å²) >= 11 is 6.05. The number of rotatable bonds is 3. The maximum absolute atomic E-state index is 12.5. The van der Waals surface area contributed by atoms with Gasteiger partial charge < -0.3 is 20.3 Å². The van der Waals surface area contributed by atoms with Crippen molar-refractivity contribution in [2.24, 2.45) is 0 Å². The van der Waals surface area contributed by atoms with E-state index >= 15 is 0 Å². The second-order valence-corrected chi connectivity index (χ2v) is 6.58. The summed E-state index contributed by atoms with van der Waals surface area (Å²) < 4.78 is 5.15. The smallest absolute Gasteiger partial charge is 0.339 e. The highest BCUT2D eigenvalue weighted by Crippen LogP contribution is 2.22. The van der Waals surface area contributed by atoms with Crippen molar-refractivity contribution >= 4 is 35.2 Å². The van der Waals surface area contributed by atoms with E-state index in [2.05, 4.69) is 10.6 Å². The molecule has 1 atom stereocenters. The van der Waals surface area contributed by atoms with Crippen LogP contribution in [0.4, 0.5) is 10.5 Å². The number of nitrogens with zero attached hydrogens (tertiary/aromatic N) is 1. The highest BCUT2D eigenvalue weighted by Gasteiger charge is 2.25. The zero-order valence-corrected chi connectivity index (χ0v) is 15.2. The zero-order valence-electron chi connectivity index (χ0n) is 14.5. The standard InChI is InChI=1S/C17H22ClN3O4/c1-10(2)25-16(23)13-8-12(4-5-14(13)18)20-17(24)21-7-6-15(22)19-9-11(21)3/h4-5,8,10-11H,6-7,9H2,1-3H3,(H,19,22)(H,20,24). The molecule has 1 aromatic carbocycles. The molecule has 1 saturated heterocycles. The first-order valence-electron chi connectivity index (χ1n) is 8.12. The Morgan fingerprint density at radius 1 is 1.40 bits per heavy atom. The number of anilines is 1. The quantitative estimate of drug-likeness (QED) is 0.804. The summed E-state index contributed by atoms with van der Waals surface area (Å²) in [5.74, 6) is -0.624. The molecule has 0 spiro atoms. The van der Waals surface area contributed by atoms with Gasteiger partial charge in [0.05, 0.1) is 16.7 Å². The van der Waals surface area contributed by atoms with E-state index in [1.807, 2.05) is 6.92 Å². The molecule has 136 valence electrons. The summed E-state index contributed by atoms with van der Waals surface area (Å²) in [6.07, 6.45) is -0.0190. The third-order valence-corrected chi connectivity index (χ3v) is 4.08. The number of urea groups is 1. The molecule has 2 rings (SSSR count). The molecule has 0 saturated carbocycles. The fourth-order valence-corrected chi connectivity index (χ4v) is 2.63. The van der Waals surface area contributed by atoms with Gasteiger partial charge in [0, 0.05) is 31.2 Å². The van der Waals surface area contributed by atoms with Gasteiger partial charge >= 0.3 is 12.0 Å².